The summed E-state index contributed by atoms with van der Waals surface area (Å²) in [6.45, 7) is 2.85. The maximum absolute atomic E-state index is 13.7. The lowest BCUT2D eigenvalue weighted by atomic mass is 9.74. The molecular weight excluding hydrogens is 674 g/mol. The number of hydrogen-bond acceptors (Lipinski definition) is 4. The SMILES string of the molecule is COc1ccc(NC(=O)N2CCCCN3C(COC(c4ccccc4)(c4ccccc4)c4ccccc4)C(c4ccc(Br)cc4)C3C2)cc1. The first-order chi connectivity index (χ1) is 24.1. The van der Waals surface area contributed by atoms with Crippen LogP contribution in [0.5, 0.6) is 5.75 Å². The highest BCUT2D eigenvalue weighted by Gasteiger charge is 2.51. The van der Waals surface area contributed by atoms with Crippen molar-refractivity contribution in [1.82, 2.24) is 9.80 Å². The van der Waals surface area contributed by atoms with E-state index in [0.29, 0.717) is 13.2 Å². The molecule has 1 N–H and O–H groups in total. The Bertz CT molecular complexity index is 1710. The fourth-order valence-electron chi connectivity index (χ4n) is 7.65. The minimum atomic E-state index is -0.799. The van der Waals surface area contributed by atoms with Gasteiger partial charge in [0.05, 0.1) is 13.7 Å². The number of rotatable bonds is 9. The van der Waals surface area contributed by atoms with Crippen LogP contribution in [0.4, 0.5) is 10.5 Å². The normalized spacial score (nSPS) is 19.6. The van der Waals surface area contributed by atoms with E-state index in [2.05, 4.69) is 141 Å². The maximum Gasteiger partial charge on any atom is 0.321 e. The van der Waals surface area contributed by atoms with Crippen molar-refractivity contribution < 1.29 is 14.3 Å². The van der Waals surface area contributed by atoms with E-state index in [1.807, 2.05) is 29.2 Å². The minimum absolute atomic E-state index is 0.0717. The van der Waals surface area contributed by atoms with E-state index in [9.17, 15) is 4.79 Å². The fraction of sp³-hybridized carbons (Fsp3) is 0.262. The zero-order valence-corrected chi connectivity index (χ0v) is 29.3. The molecule has 5 aromatic carbocycles. The average Bonchev–Trinajstić information content (AvgIpc) is 3.14. The third-order valence-corrected chi connectivity index (χ3v) is 10.6. The highest BCUT2D eigenvalue weighted by atomic mass is 79.9. The van der Waals surface area contributed by atoms with Gasteiger partial charge in [0.1, 0.15) is 11.4 Å². The molecule has 2 aliphatic rings. The number of nitrogens with zero attached hydrogens (tertiary/aromatic N) is 2. The van der Waals surface area contributed by atoms with Crippen LogP contribution in [-0.2, 0) is 10.3 Å². The number of carbonyl (C=O) groups is 1. The summed E-state index contributed by atoms with van der Waals surface area (Å²) in [5.74, 6) is 0.943. The molecule has 2 fully saturated rings. The van der Waals surface area contributed by atoms with E-state index in [-0.39, 0.29) is 24.0 Å². The molecule has 2 saturated heterocycles. The Balaban J connectivity index is 1.21. The summed E-state index contributed by atoms with van der Waals surface area (Å²) in [5.41, 5.74) is 4.51. The molecule has 3 atom stereocenters. The number of anilines is 1. The van der Waals surface area contributed by atoms with E-state index in [4.69, 9.17) is 9.47 Å². The molecule has 5 aromatic rings. The van der Waals surface area contributed by atoms with Crippen molar-refractivity contribution in [3.8, 4) is 5.75 Å². The van der Waals surface area contributed by atoms with Gasteiger partial charge in [-0.15, -0.1) is 0 Å². The first-order valence-electron chi connectivity index (χ1n) is 17.1. The van der Waals surface area contributed by atoms with Crippen molar-refractivity contribution in [3.05, 3.63) is 166 Å². The lowest BCUT2D eigenvalue weighted by Crippen LogP contribution is -2.68. The van der Waals surface area contributed by atoms with Gasteiger partial charge < -0.3 is 19.7 Å². The summed E-state index contributed by atoms with van der Waals surface area (Å²) in [5, 5.41) is 3.13. The molecule has 2 amide bonds. The number of methoxy groups -OCH3 is 1. The number of amides is 2. The number of benzene rings is 5. The Morgan fingerprint density at radius 2 is 1.31 bits per heavy atom. The van der Waals surface area contributed by atoms with Gasteiger partial charge in [0.2, 0.25) is 0 Å². The van der Waals surface area contributed by atoms with Gasteiger partial charge in [0.15, 0.2) is 0 Å². The molecule has 7 heteroatoms. The van der Waals surface area contributed by atoms with Gasteiger partial charge in [-0.3, -0.25) is 4.90 Å². The lowest BCUT2D eigenvalue weighted by Gasteiger charge is -2.58. The van der Waals surface area contributed by atoms with Crippen LogP contribution in [0.15, 0.2) is 144 Å². The highest BCUT2D eigenvalue weighted by molar-refractivity contribution is 9.10. The van der Waals surface area contributed by atoms with Crippen molar-refractivity contribution in [2.24, 2.45) is 0 Å². The van der Waals surface area contributed by atoms with Gasteiger partial charge in [-0.1, -0.05) is 119 Å². The van der Waals surface area contributed by atoms with Crippen LogP contribution in [0.3, 0.4) is 0 Å². The zero-order chi connectivity index (χ0) is 33.6. The van der Waals surface area contributed by atoms with E-state index in [0.717, 1.165) is 58.5 Å². The Kier molecular flexibility index (Phi) is 10.1. The second-order valence-electron chi connectivity index (χ2n) is 12.9. The third-order valence-electron chi connectivity index (χ3n) is 10.1. The Labute approximate surface area is 297 Å². The summed E-state index contributed by atoms with van der Waals surface area (Å²) in [6, 6.07) is 48.1. The number of carbonyl (C=O) groups excluding carboxylic acids is 1. The molecule has 3 unspecified atom stereocenters. The van der Waals surface area contributed by atoms with Crippen molar-refractivity contribution >= 4 is 27.6 Å². The molecule has 0 radical (unpaired) electrons. The number of ether oxygens (including phenoxy) is 2. The third kappa shape index (κ3) is 6.89. The van der Waals surface area contributed by atoms with Crippen LogP contribution >= 0.6 is 15.9 Å². The summed E-state index contributed by atoms with van der Waals surface area (Å²) in [4.78, 5) is 18.3. The highest BCUT2D eigenvalue weighted by Crippen LogP contribution is 2.46. The van der Waals surface area contributed by atoms with Crippen LogP contribution in [-0.4, -0.2) is 61.3 Å². The molecule has 0 bridgehead atoms. The van der Waals surface area contributed by atoms with E-state index >= 15 is 0 Å². The molecule has 7 rings (SSSR count). The molecule has 0 spiro atoms. The van der Waals surface area contributed by atoms with Crippen molar-refractivity contribution in [2.45, 2.75) is 36.4 Å². The standard InChI is InChI=1S/C42H42BrN3O3/c1-48-37-25-23-36(24-26-37)44-41(47)45-27-11-12-28-46-38(29-45)40(31-19-21-35(43)22-20-31)39(46)30-49-42(32-13-5-2-6-14-32,33-15-7-3-8-16-33)34-17-9-4-10-18-34/h2-10,13-26,38-40H,11-12,27-30H2,1H3,(H,44,47). The number of nitrogens with one attached hydrogen (secondary N) is 1. The molecule has 2 heterocycles. The van der Waals surface area contributed by atoms with Crippen LogP contribution in [0.2, 0.25) is 0 Å². The second-order valence-corrected chi connectivity index (χ2v) is 13.8. The number of fused-ring (bicyclic) bond motifs is 1. The largest absolute Gasteiger partial charge is 0.497 e. The molecule has 0 aromatic heterocycles. The fourth-order valence-corrected chi connectivity index (χ4v) is 7.91. The van der Waals surface area contributed by atoms with Gasteiger partial charge >= 0.3 is 6.03 Å². The summed E-state index contributed by atoms with van der Waals surface area (Å²) < 4.78 is 13.8. The summed E-state index contributed by atoms with van der Waals surface area (Å²) >= 11 is 3.64. The van der Waals surface area contributed by atoms with Crippen LogP contribution in [0, 0.1) is 0 Å². The van der Waals surface area contributed by atoms with Gasteiger partial charge in [0.25, 0.3) is 0 Å². The lowest BCUT2D eigenvalue weighted by molar-refractivity contribution is -0.101. The number of halogens is 1. The zero-order valence-electron chi connectivity index (χ0n) is 27.8. The van der Waals surface area contributed by atoms with Crippen molar-refractivity contribution in [2.75, 3.05) is 38.7 Å². The first-order valence-corrected chi connectivity index (χ1v) is 17.9. The van der Waals surface area contributed by atoms with Crippen molar-refractivity contribution in [3.63, 3.8) is 0 Å². The average molecular weight is 717 g/mol. The minimum Gasteiger partial charge on any atom is -0.497 e. The van der Waals surface area contributed by atoms with Crippen LogP contribution < -0.4 is 10.1 Å². The Morgan fingerprint density at radius 1 is 0.755 bits per heavy atom. The predicted octanol–water partition coefficient (Wildman–Crippen LogP) is 8.93. The van der Waals surface area contributed by atoms with E-state index in [1.165, 1.54) is 5.56 Å². The molecule has 0 aliphatic carbocycles. The van der Waals surface area contributed by atoms with Crippen LogP contribution in [0.1, 0.15) is 41.0 Å². The van der Waals surface area contributed by atoms with Gasteiger partial charge in [0, 0.05) is 41.3 Å². The monoisotopic (exact) mass is 715 g/mol. The van der Waals surface area contributed by atoms with Crippen LogP contribution in [0.25, 0.3) is 0 Å². The molecule has 0 saturated carbocycles. The number of urea groups is 1. The van der Waals surface area contributed by atoms with Crippen molar-refractivity contribution in [1.29, 1.82) is 0 Å². The molecule has 6 nitrogen and oxygen atoms in total. The van der Waals surface area contributed by atoms with E-state index in [1.54, 1.807) is 7.11 Å². The summed E-state index contributed by atoms with van der Waals surface area (Å²) in [7, 11) is 1.64. The quantitative estimate of drug-likeness (QED) is 0.155. The molecule has 2 aliphatic heterocycles. The smallest absolute Gasteiger partial charge is 0.321 e. The maximum atomic E-state index is 13.7. The first kappa shape index (κ1) is 33.1. The Hall–Kier alpha value is -4.43. The molecule has 250 valence electrons. The van der Waals surface area contributed by atoms with Gasteiger partial charge in [-0.25, -0.2) is 4.79 Å². The number of hydrogen-bond donors (Lipinski definition) is 1. The molecular formula is C42H42BrN3O3. The topological polar surface area (TPSA) is 54.0 Å². The van der Waals surface area contributed by atoms with E-state index < -0.39 is 5.60 Å². The van der Waals surface area contributed by atoms with Gasteiger partial charge in [-0.05, 0) is 78.0 Å². The predicted molar refractivity (Wildman–Crippen MR) is 199 cm³/mol. The Morgan fingerprint density at radius 3 is 1.86 bits per heavy atom. The summed E-state index contributed by atoms with van der Waals surface area (Å²) in [6.07, 6.45) is 1.95. The van der Waals surface area contributed by atoms with Gasteiger partial charge in [-0.2, -0.15) is 0 Å². The second kappa shape index (κ2) is 15.0. The molecule has 49 heavy (non-hydrogen) atoms.